The maximum absolute atomic E-state index is 5.66. The highest BCUT2D eigenvalue weighted by atomic mass is 35.5. The second-order valence-corrected chi connectivity index (χ2v) is 4.49. The lowest BCUT2D eigenvalue weighted by atomic mass is 10.3. The SMILES string of the molecule is CN(CCCNc1cnnc(Cl)n1)c1ccccc1. The standard InChI is InChI=1S/C13H16ClN5/c1-19(11-6-3-2-4-7-11)9-5-8-15-12-10-16-18-13(14)17-12/h2-4,6-7,10H,5,8-9H2,1H3,(H,15,17,18). The van der Waals surface area contributed by atoms with Crippen LogP contribution in [-0.2, 0) is 0 Å². The van der Waals surface area contributed by atoms with Gasteiger partial charge in [0.25, 0.3) is 0 Å². The average Bonchev–Trinajstić information content (AvgIpc) is 2.44. The first-order valence-electron chi connectivity index (χ1n) is 6.11. The van der Waals surface area contributed by atoms with Gasteiger partial charge in [0.05, 0.1) is 6.20 Å². The van der Waals surface area contributed by atoms with E-state index in [0.29, 0.717) is 5.82 Å². The van der Waals surface area contributed by atoms with Gasteiger partial charge in [0.2, 0.25) is 5.28 Å². The van der Waals surface area contributed by atoms with Gasteiger partial charge in [-0.2, -0.15) is 10.1 Å². The molecule has 0 atom stereocenters. The number of aromatic nitrogens is 3. The zero-order valence-electron chi connectivity index (χ0n) is 10.8. The van der Waals surface area contributed by atoms with Crippen LogP contribution in [0.5, 0.6) is 0 Å². The molecule has 0 radical (unpaired) electrons. The van der Waals surface area contributed by atoms with Gasteiger partial charge in [0.15, 0.2) is 0 Å². The van der Waals surface area contributed by atoms with Crippen molar-refractivity contribution in [2.45, 2.75) is 6.42 Å². The van der Waals surface area contributed by atoms with Crippen LogP contribution >= 0.6 is 11.6 Å². The van der Waals surface area contributed by atoms with Crippen molar-refractivity contribution < 1.29 is 0 Å². The number of anilines is 2. The molecule has 1 aromatic heterocycles. The minimum absolute atomic E-state index is 0.159. The molecule has 0 aliphatic rings. The van der Waals surface area contributed by atoms with Crippen molar-refractivity contribution in [1.82, 2.24) is 15.2 Å². The van der Waals surface area contributed by atoms with Crippen molar-refractivity contribution >= 4 is 23.1 Å². The van der Waals surface area contributed by atoms with Gasteiger partial charge in [-0.1, -0.05) is 18.2 Å². The molecule has 1 heterocycles. The van der Waals surface area contributed by atoms with Crippen molar-refractivity contribution in [1.29, 1.82) is 0 Å². The van der Waals surface area contributed by atoms with E-state index in [1.165, 1.54) is 5.69 Å². The number of hydrogen-bond donors (Lipinski definition) is 1. The van der Waals surface area contributed by atoms with E-state index in [9.17, 15) is 0 Å². The van der Waals surface area contributed by atoms with Crippen LogP contribution in [0.25, 0.3) is 0 Å². The maximum Gasteiger partial charge on any atom is 0.244 e. The highest BCUT2D eigenvalue weighted by Crippen LogP contribution is 2.11. The predicted molar refractivity (Wildman–Crippen MR) is 77.7 cm³/mol. The molecule has 0 bridgehead atoms. The van der Waals surface area contributed by atoms with Crippen LogP contribution in [0.1, 0.15) is 6.42 Å². The Morgan fingerprint density at radius 2 is 2.05 bits per heavy atom. The normalized spacial score (nSPS) is 10.2. The fourth-order valence-corrected chi connectivity index (χ4v) is 1.85. The van der Waals surface area contributed by atoms with Crippen LogP contribution in [0, 0.1) is 0 Å². The molecule has 0 saturated carbocycles. The number of para-hydroxylation sites is 1. The van der Waals surface area contributed by atoms with Crippen LogP contribution in [-0.4, -0.2) is 35.3 Å². The molecular weight excluding hydrogens is 262 g/mol. The summed E-state index contributed by atoms with van der Waals surface area (Å²) in [6.07, 6.45) is 2.56. The Balaban J connectivity index is 1.72. The Morgan fingerprint density at radius 3 is 2.79 bits per heavy atom. The Bertz CT molecular complexity index is 505. The quantitative estimate of drug-likeness (QED) is 0.822. The second-order valence-electron chi connectivity index (χ2n) is 4.15. The molecule has 6 heteroatoms. The van der Waals surface area contributed by atoms with Gasteiger partial charge in [-0.05, 0) is 30.2 Å². The fraction of sp³-hybridized carbons (Fsp3) is 0.308. The van der Waals surface area contributed by atoms with Gasteiger partial charge in [0.1, 0.15) is 5.82 Å². The van der Waals surface area contributed by atoms with E-state index < -0.39 is 0 Å². The lowest BCUT2D eigenvalue weighted by molar-refractivity contribution is 0.811. The van der Waals surface area contributed by atoms with Gasteiger partial charge >= 0.3 is 0 Å². The van der Waals surface area contributed by atoms with Gasteiger partial charge in [-0.25, -0.2) is 0 Å². The van der Waals surface area contributed by atoms with Crippen LogP contribution in [0.4, 0.5) is 11.5 Å². The summed E-state index contributed by atoms with van der Waals surface area (Å²) in [6, 6.07) is 10.3. The van der Waals surface area contributed by atoms with Crippen molar-refractivity contribution in [3.8, 4) is 0 Å². The molecule has 0 unspecified atom stereocenters. The zero-order chi connectivity index (χ0) is 13.5. The van der Waals surface area contributed by atoms with Crippen LogP contribution in [0.3, 0.4) is 0 Å². The van der Waals surface area contributed by atoms with Crippen molar-refractivity contribution in [3.63, 3.8) is 0 Å². The minimum atomic E-state index is 0.159. The van der Waals surface area contributed by atoms with Gasteiger partial charge in [0, 0.05) is 25.8 Å². The number of nitrogens with one attached hydrogen (secondary N) is 1. The third-order valence-corrected chi connectivity index (χ3v) is 2.87. The molecule has 0 amide bonds. The lowest BCUT2D eigenvalue weighted by Crippen LogP contribution is -2.20. The number of rotatable bonds is 6. The summed E-state index contributed by atoms with van der Waals surface area (Å²) in [7, 11) is 2.08. The molecule has 100 valence electrons. The monoisotopic (exact) mass is 277 g/mol. The number of hydrogen-bond acceptors (Lipinski definition) is 5. The van der Waals surface area contributed by atoms with E-state index in [2.05, 4.69) is 44.6 Å². The minimum Gasteiger partial charge on any atom is -0.375 e. The highest BCUT2D eigenvalue weighted by molar-refractivity contribution is 6.28. The summed E-state index contributed by atoms with van der Waals surface area (Å²) in [4.78, 5) is 6.23. The van der Waals surface area contributed by atoms with E-state index in [1.54, 1.807) is 6.20 Å². The molecule has 1 N–H and O–H groups in total. The summed E-state index contributed by atoms with van der Waals surface area (Å²) in [5, 5.41) is 10.6. The molecule has 1 aromatic carbocycles. The Kier molecular flexibility index (Phi) is 4.92. The summed E-state index contributed by atoms with van der Waals surface area (Å²) in [5.74, 6) is 0.655. The van der Waals surface area contributed by atoms with E-state index in [4.69, 9.17) is 11.6 Å². The third-order valence-electron chi connectivity index (χ3n) is 2.71. The summed E-state index contributed by atoms with van der Waals surface area (Å²) >= 11 is 5.66. The van der Waals surface area contributed by atoms with Gasteiger partial charge in [-0.3, -0.25) is 0 Å². The first-order chi connectivity index (χ1) is 9.25. The van der Waals surface area contributed by atoms with Crippen molar-refractivity contribution in [2.24, 2.45) is 0 Å². The molecule has 0 fully saturated rings. The smallest absolute Gasteiger partial charge is 0.244 e. The molecule has 19 heavy (non-hydrogen) atoms. The number of nitrogens with zero attached hydrogens (tertiary/aromatic N) is 4. The Morgan fingerprint density at radius 1 is 1.26 bits per heavy atom. The molecule has 2 rings (SSSR count). The van der Waals surface area contributed by atoms with Crippen molar-refractivity contribution in [3.05, 3.63) is 41.8 Å². The largest absolute Gasteiger partial charge is 0.375 e. The van der Waals surface area contributed by atoms with Crippen LogP contribution < -0.4 is 10.2 Å². The van der Waals surface area contributed by atoms with Crippen LogP contribution in [0.2, 0.25) is 5.28 Å². The van der Waals surface area contributed by atoms with Gasteiger partial charge < -0.3 is 10.2 Å². The summed E-state index contributed by atoms with van der Waals surface area (Å²) in [5.41, 5.74) is 1.22. The number of benzene rings is 1. The maximum atomic E-state index is 5.66. The molecule has 0 spiro atoms. The van der Waals surface area contributed by atoms with E-state index in [-0.39, 0.29) is 5.28 Å². The molecule has 0 aliphatic carbocycles. The highest BCUT2D eigenvalue weighted by Gasteiger charge is 2.00. The first kappa shape index (κ1) is 13.5. The topological polar surface area (TPSA) is 53.9 Å². The van der Waals surface area contributed by atoms with E-state index >= 15 is 0 Å². The van der Waals surface area contributed by atoms with Gasteiger partial charge in [-0.15, -0.1) is 5.10 Å². The Hall–Kier alpha value is -1.88. The fourth-order valence-electron chi connectivity index (χ4n) is 1.71. The molecular formula is C13H16ClN5. The van der Waals surface area contributed by atoms with E-state index in [0.717, 1.165) is 19.5 Å². The molecule has 2 aromatic rings. The van der Waals surface area contributed by atoms with Crippen molar-refractivity contribution in [2.75, 3.05) is 30.4 Å². The predicted octanol–water partition coefficient (Wildman–Crippen LogP) is 2.46. The van der Waals surface area contributed by atoms with E-state index in [1.807, 2.05) is 18.2 Å². The number of halogens is 1. The molecule has 5 nitrogen and oxygen atoms in total. The van der Waals surface area contributed by atoms with Crippen LogP contribution in [0.15, 0.2) is 36.5 Å². The molecule has 0 saturated heterocycles. The lowest BCUT2D eigenvalue weighted by Gasteiger charge is -2.19. The Labute approximate surface area is 117 Å². The first-order valence-corrected chi connectivity index (χ1v) is 6.49. The second kappa shape index (κ2) is 6.89. The average molecular weight is 278 g/mol. The third kappa shape index (κ3) is 4.37. The molecule has 0 aliphatic heterocycles. The summed E-state index contributed by atoms with van der Waals surface area (Å²) < 4.78 is 0. The summed E-state index contributed by atoms with van der Waals surface area (Å²) in [6.45, 7) is 1.77. The zero-order valence-corrected chi connectivity index (χ0v) is 11.5.